The van der Waals surface area contributed by atoms with Gasteiger partial charge in [-0.15, -0.1) is 0 Å². The average Bonchev–Trinajstić information content (AvgIpc) is 1.97. The van der Waals surface area contributed by atoms with Crippen molar-refractivity contribution >= 4 is 5.97 Å². The Kier molecular flexibility index (Phi) is 5.27. The molecule has 0 spiro atoms. The molecule has 0 aliphatic heterocycles. The zero-order valence-electron chi connectivity index (χ0n) is 6.91. The molecule has 0 rings (SSSR count). The minimum absolute atomic E-state index is 0.0866. The molecule has 0 bridgehead atoms. The maximum Gasteiger partial charge on any atom is 0.333 e. The summed E-state index contributed by atoms with van der Waals surface area (Å²) in [5.41, 5.74) is 0.319. The number of hydrogen-bond donors (Lipinski definition) is 3. The molecule has 3 N–H and O–H groups in total. The van der Waals surface area contributed by atoms with Crippen LogP contribution in [0.25, 0.3) is 0 Å². The highest BCUT2D eigenvalue weighted by Crippen LogP contribution is 1.90. The summed E-state index contributed by atoms with van der Waals surface area (Å²) >= 11 is 0. The largest absolute Gasteiger partial charge is 0.461 e. The normalized spacial score (nSPS) is 10.0. The van der Waals surface area contributed by atoms with Crippen molar-refractivity contribution in [2.45, 2.75) is 13.3 Å². The standard InChI is InChI=1S/C7H13NO4/c1-5(2)6(9)12-4-3-8-7(10)11/h7-8,10-11H,1,3-4H2,2H3. The summed E-state index contributed by atoms with van der Waals surface area (Å²) < 4.78 is 4.63. The molecule has 0 aromatic carbocycles. The van der Waals surface area contributed by atoms with Gasteiger partial charge in [-0.25, -0.2) is 4.79 Å². The molecule has 0 radical (unpaired) electrons. The van der Waals surface area contributed by atoms with E-state index in [9.17, 15) is 4.79 Å². The van der Waals surface area contributed by atoms with Crippen LogP contribution in [0.2, 0.25) is 0 Å². The zero-order chi connectivity index (χ0) is 9.56. The molecule has 0 atom stereocenters. The number of aliphatic hydroxyl groups is 2. The first-order valence-electron chi connectivity index (χ1n) is 3.46. The van der Waals surface area contributed by atoms with Crippen LogP contribution in [0.4, 0.5) is 0 Å². The molecule has 0 aromatic heterocycles. The van der Waals surface area contributed by atoms with Crippen LogP contribution in [0.1, 0.15) is 6.92 Å². The number of esters is 1. The molecule has 0 aliphatic rings. The smallest absolute Gasteiger partial charge is 0.333 e. The SMILES string of the molecule is C=C(C)C(=O)OCCNC(O)O. The van der Waals surface area contributed by atoms with Gasteiger partial charge < -0.3 is 14.9 Å². The maximum atomic E-state index is 10.7. The number of ether oxygens (including phenoxy) is 1. The molecule has 0 fully saturated rings. The third-order valence-electron chi connectivity index (χ3n) is 1.01. The second-order valence-corrected chi connectivity index (χ2v) is 2.24. The number of rotatable bonds is 5. The molecule has 0 aromatic rings. The lowest BCUT2D eigenvalue weighted by atomic mass is 10.4. The average molecular weight is 175 g/mol. The summed E-state index contributed by atoms with van der Waals surface area (Å²) in [5.74, 6) is -0.482. The highest BCUT2D eigenvalue weighted by atomic mass is 16.5. The molecule has 0 saturated carbocycles. The van der Waals surface area contributed by atoms with Crippen LogP contribution in [0.15, 0.2) is 12.2 Å². The van der Waals surface area contributed by atoms with Crippen LogP contribution >= 0.6 is 0 Å². The predicted molar refractivity (Wildman–Crippen MR) is 42.0 cm³/mol. The Labute approximate surface area is 70.7 Å². The van der Waals surface area contributed by atoms with Crippen LogP contribution in [-0.4, -0.2) is 35.7 Å². The lowest BCUT2D eigenvalue weighted by Gasteiger charge is -2.06. The summed E-state index contributed by atoms with van der Waals surface area (Å²) in [7, 11) is 0. The topological polar surface area (TPSA) is 78.8 Å². The lowest BCUT2D eigenvalue weighted by molar-refractivity contribution is -0.139. The molecule has 0 saturated heterocycles. The fourth-order valence-electron chi connectivity index (χ4n) is 0.455. The van der Waals surface area contributed by atoms with Crippen LogP contribution in [0.5, 0.6) is 0 Å². The molecule has 70 valence electrons. The second-order valence-electron chi connectivity index (χ2n) is 2.24. The molecule has 0 aliphatic carbocycles. The van der Waals surface area contributed by atoms with E-state index in [0.717, 1.165) is 0 Å². The van der Waals surface area contributed by atoms with E-state index >= 15 is 0 Å². The first-order valence-corrected chi connectivity index (χ1v) is 3.46. The number of carbonyl (C=O) groups is 1. The number of aliphatic hydroxyl groups excluding tert-OH is 1. The Balaban J connectivity index is 3.32. The van der Waals surface area contributed by atoms with Crippen molar-refractivity contribution in [3.63, 3.8) is 0 Å². The Morgan fingerprint density at radius 3 is 2.67 bits per heavy atom. The first kappa shape index (κ1) is 11.1. The van der Waals surface area contributed by atoms with E-state index < -0.39 is 12.4 Å². The third-order valence-corrected chi connectivity index (χ3v) is 1.01. The quantitative estimate of drug-likeness (QED) is 0.215. The van der Waals surface area contributed by atoms with E-state index in [1.54, 1.807) is 0 Å². The van der Waals surface area contributed by atoms with Crippen LogP contribution < -0.4 is 5.32 Å². The van der Waals surface area contributed by atoms with Crippen LogP contribution in [0, 0.1) is 0 Å². The first-order chi connectivity index (χ1) is 5.54. The fraction of sp³-hybridized carbons (Fsp3) is 0.571. The minimum Gasteiger partial charge on any atom is -0.461 e. The van der Waals surface area contributed by atoms with Gasteiger partial charge in [0.1, 0.15) is 6.61 Å². The second kappa shape index (κ2) is 5.70. The Hall–Kier alpha value is -0.910. The van der Waals surface area contributed by atoms with Gasteiger partial charge in [-0.2, -0.15) is 0 Å². The van der Waals surface area contributed by atoms with E-state index in [0.29, 0.717) is 5.57 Å². The minimum atomic E-state index is -1.58. The van der Waals surface area contributed by atoms with Crippen molar-refractivity contribution in [2.24, 2.45) is 0 Å². The van der Waals surface area contributed by atoms with Crippen molar-refractivity contribution < 1.29 is 19.7 Å². The highest BCUT2D eigenvalue weighted by Gasteiger charge is 2.02. The molecule has 0 unspecified atom stereocenters. The molecule has 0 heterocycles. The summed E-state index contributed by atoms with van der Waals surface area (Å²) in [5, 5.41) is 18.9. The fourth-order valence-corrected chi connectivity index (χ4v) is 0.455. The summed E-state index contributed by atoms with van der Waals surface area (Å²) in [4.78, 5) is 10.7. The third kappa shape index (κ3) is 5.84. The molecule has 5 heteroatoms. The molecule has 12 heavy (non-hydrogen) atoms. The van der Waals surface area contributed by atoms with Gasteiger partial charge in [-0.3, -0.25) is 5.32 Å². The van der Waals surface area contributed by atoms with Gasteiger partial charge in [-0.05, 0) is 6.92 Å². The monoisotopic (exact) mass is 175 g/mol. The van der Waals surface area contributed by atoms with Gasteiger partial charge in [0.05, 0.1) is 0 Å². The Bertz CT molecular complexity index is 167. The van der Waals surface area contributed by atoms with Gasteiger partial charge in [0.25, 0.3) is 0 Å². The van der Waals surface area contributed by atoms with Crippen molar-refractivity contribution in [2.75, 3.05) is 13.2 Å². The highest BCUT2D eigenvalue weighted by molar-refractivity contribution is 5.86. The number of carbonyl (C=O) groups excluding carboxylic acids is 1. The molecular formula is C7H13NO4. The van der Waals surface area contributed by atoms with Gasteiger partial charge >= 0.3 is 5.97 Å². The van der Waals surface area contributed by atoms with Gasteiger partial charge in [0.2, 0.25) is 6.41 Å². The van der Waals surface area contributed by atoms with Crippen molar-refractivity contribution in [3.8, 4) is 0 Å². The summed E-state index contributed by atoms with van der Waals surface area (Å²) in [6.07, 6.45) is -1.58. The maximum absolute atomic E-state index is 10.7. The van der Waals surface area contributed by atoms with Gasteiger partial charge in [0, 0.05) is 12.1 Å². The van der Waals surface area contributed by atoms with E-state index in [2.05, 4.69) is 16.6 Å². The van der Waals surface area contributed by atoms with Gasteiger partial charge in [0.15, 0.2) is 0 Å². The van der Waals surface area contributed by atoms with E-state index in [-0.39, 0.29) is 13.2 Å². The summed E-state index contributed by atoms with van der Waals surface area (Å²) in [6.45, 7) is 5.19. The van der Waals surface area contributed by atoms with E-state index in [1.807, 2.05) is 0 Å². The van der Waals surface area contributed by atoms with Crippen LogP contribution in [-0.2, 0) is 9.53 Å². The van der Waals surface area contributed by atoms with Crippen LogP contribution in [0.3, 0.4) is 0 Å². The molecular weight excluding hydrogens is 162 g/mol. The Morgan fingerprint density at radius 2 is 2.25 bits per heavy atom. The number of hydrogen-bond acceptors (Lipinski definition) is 5. The van der Waals surface area contributed by atoms with E-state index in [1.165, 1.54) is 6.92 Å². The van der Waals surface area contributed by atoms with Crippen molar-refractivity contribution in [3.05, 3.63) is 12.2 Å². The number of nitrogens with one attached hydrogen (secondary N) is 1. The summed E-state index contributed by atoms with van der Waals surface area (Å²) in [6, 6.07) is 0. The molecule has 5 nitrogen and oxygen atoms in total. The van der Waals surface area contributed by atoms with Crippen molar-refractivity contribution in [1.82, 2.24) is 5.32 Å². The zero-order valence-corrected chi connectivity index (χ0v) is 6.91. The predicted octanol–water partition coefficient (Wildman–Crippen LogP) is -1.04. The molecule has 0 amide bonds. The van der Waals surface area contributed by atoms with Crippen molar-refractivity contribution in [1.29, 1.82) is 0 Å². The Morgan fingerprint density at radius 1 is 1.67 bits per heavy atom. The van der Waals surface area contributed by atoms with E-state index in [4.69, 9.17) is 10.2 Å². The van der Waals surface area contributed by atoms with Gasteiger partial charge in [-0.1, -0.05) is 6.58 Å². The lowest BCUT2D eigenvalue weighted by Crippen LogP contribution is -2.31.